The SMILES string of the molecule is COc1ccc(Oc2ccc(N(c3ccc(C)cc3)c3ccc(Oc4ccc(OC)cc4)cc3)cc2)cc1. The Kier molecular flexibility index (Phi) is 7.46. The van der Waals surface area contributed by atoms with E-state index in [-0.39, 0.29) is 0 Å². The van der Waals surface area contributed by atoms with Gasteiger partial charge in [-0.15, -0.1) is 0 Å². The number of ether oxygens (including phenoxy) is 4. The lowest BCUT2D eigenvalue weighted by atomic mass is 10.1. The van der Waals surface area contributed by atoms with Crippen LogP contribution in [0, 0.1) is 6.92 Å². The summed E-state index contributed by atoms with van der Waals surface area (Å²) in [6, 6.07) is 39.7. The summed E-state index contributed by atoms with van der Waals surface area (Å²) in [4.78, 5) is 2.20. The average Bonchev–Trinajstić information content (AvgIpc) is 2.97. The minimum Gasteiger partial charge on any atom is -0.497 e. The van der Waals surface area contributed by atoms with Gasteiger partial charge in [-0.25, -0.2) is 0 Å². The minimum atomic E-state index is 0.751. The highest BCUT2D eigenvalue weighted by Crippen LogP contribution is 2.37. The molecule has 0 aromatic heterocycles. The van der Waals surface area contributed by atoms with E-state index < -0.39 is 0 Å². The van der Waals surface area contributed by atoms with E-state index in [2.05, 4.69) is 60.4 Å². The number of aryl methyl sites for hydroxylation is 1. The lowest BCUT2D eigenvalue weighted by molar-refractivity contribution is 0.413. The number of nitrogens with zero attached hydrogens (tertiary/aromatic N) is 1. The zero-order valence-electron chi connectivity index (χ0n) is 21.6. The van der Waals surface area contributed by atoms with Gasteiger partial charge in [0.2, 0.25) is 0 Å². The topological polar surface area (TPSA) is 40.2 Å². The summed E-state index contributed by atoms with van der Waals surface area (Å²) in [7, 11) is 3.30. The van der Waals surface area contributed by atoms with Crippen molar-refractivity contribution >= 4 is 17.1 Å². The molecule has 0 amide bonds. The molecule has 5 rings (SSSR count). The second-order valence-corrected chi connectivity index (χ2v) is 8.71. The summed E-state index contributed by atoms with van der Waals surface area (Å²) >= 11 is 0. The van der Waals surface area contributed by atoms with Gasteiger partial charge in [0.05, 0.1) is 14.2 Å². The molecule has 5 heteroatoms. The van der Waals surface area contributed by atoms with Gasteiger partial charge in [-0.1, -0.05) is 17.7 Å². The average molecular weight is 504 g/mol. The van der Waals surface area contributed by atoms with Gasteiger partial charge in [0.25, 0.3) is 0 Å². The quantitative estimate of drug-likeness (QED) is 0.201. The Labute approximate surface area is 223 Å². The largest absolute Gasteiger partial charge is 0.497 e. The van der Waals surface area contributed by atoms with Crippen LogP contribution in [0.4, 0.5) is 17.1 Å². The highest BCUT2D eigenvalue weighted by molar-refractivity contribution is 5.77. The molecule has 0 unspecified atom stereocenters. The Morgan fingerprint density at radius 2 is 0.632 bits per heavy atom. The van der Waals surface area contributed by atoms with Crippen molar-refractivity contribution in [2.75, 3.05) is 19.1 Å². The molecule has 5 aromatic rings. The Bertz CT molecular complexity index is 1350. The Morgan fingerprint density at radius 1 is 0.368 bits per heavy atom. The van der Waals surface area contributed by atoms with Crippen molar-refractivity contribution in [2.45, 2.75) is 6.92 Å². The molecule has 0 saturated carbocycles. The molecule has 190 valence electrons. The summed E-state index contributed by atoms with van der Waals surface area (Å²) < 4.78 is 22.5. The van der Waals surface area contributed by atoms with Crippen LogP contribution in [0.5, 0.6) is 34.5 Å². The normalized spacial score (nSPS) is 10.5. The molecule has 0 aliphatic carbocycles. The number of hydrogen-bond acceptors (Lipinski definition) is 5. The first-order chi connectivity index (χ1) is 18.6. The summed E-state index contributed by atoms with van der Waals surface area (Å²) in [6.07, 6.45) is 0. The molecule has 0 saturated heterocycles. The molecular formula is C33H29NO4. The predicted molar refractivity (Wildman–Crippen MR) is 152 cm³/mol. The zero-order valence-corrected chi connectivity index (χ0v) is 21.6. The third kappa shape index (κ3) is 5.90. The van der Waals surface area contributed by atoms with Crippen molar-refractivity contribution in [3.8, 4) is 34.5 Å². The number of hydrogen-bond donors (Lipinski definition) is 0. The van der Waals surface area contributed by atoms with Gasteiger partial charge in [0.15, 0.2) is 0 Å². The highest BCUT2D eigenvalue weighted by atomic mass is 16.5. The molecule has 0 bridgehead atoms. The first-order valence-corrected chi connectivity index (χ1v) is 12.3. The van der Waals surface area contributed by atoms with Crippen LogP contribution in [0.2, 0.25) is 0 Å². The van der Waals surface area contributed by atoms with Crippen LogP contribution in [0.3, 0.4) is 0 Å². The van der Waals surface area contributed by atoms with Crippen LogP contribution in [-0.4, -0.2) is 14.2 Å². The standard InChI is InChI=1S/C33H29NO4/c1-24-4-6-25(7-5-24)34(26-8-12-30(13-9-26)37-32-20-16-28(35-2)17-21-32)27-10-14-31(15-11-27)38-33-22-18-29(36-3)19-23-33/h4-23H,1-3H3. The Hall–Kier alpha value is -4.90. The second kappa shape index (κ2) is 11.4. The molecule has 0 N–H and O–H groups in total. The third-order valence-corrected chi connectivity index (χ3v) is 6.07. The molecule has 0 heterocycles. The van der Waals surface area contributed by atoms with E-state index in [1.807, 2.05) is 72.8 Å². The molecule has 5 nitrogen and oxygen atoms in total. The first kappa shape index (κ1) is 24.8. The van der Waals surface area contributed by atoms with E-state index in [0.29, 0.717) is 0 Å². The minimum absolute atomic E-state index is 0.751. The van der Waals surface area contributed by atoms with Gasteiger partial charge in [-0.05, 0) is 116 Å². The van der Waals surface area contributed by atoms with Gasteiger partial charge in [-0.2, -0.15) is 0 Å². The molecule has 0 aliphatic heterocycles. The number of benzene rings is 5. The Balaban J connectivity index is 1.39. The number of methoxy groups -OCH3 is 2. The van der Waals surface area contributed by atoms with Gasteiger partial charge < -0.3 is 23.8 Å². The maximum Gasteiger partial charge on any atom is 0.127 e. The second-order valence-electron chi connectivity index (χ2n) is 8.71. The van der Waals surface area contributed by atoms with Crippen molar-refractivity contribution in [1.82, 2.24) is 0 Å². The fraction of sp³-hybridized carbons (Fsp3) is 0.0909. The van der Waals surface area contributed by atoms with Crippen molar-refractivity contribution in [3.05, 3.63) is 127 Å². The lowest BCUT2D eigenvalue weighted by Crippen LogP contribution is -2.09. The zero-order chi connectivity index (χ0) is 26.3. The van der Waals surface area contributed by atoms with E-state index in [1.54, 1.807) is 14.2 Å². The van der Waals surface area contributed by atoms with Crippen molar-refractivity contribution in [3.63, 3.8) is 0 Å². The first-order valence-electron chi connectivity index (χ1n) is 12.3. The van der Waals surface area contributed by atoms with Gasteiger partial charge in [0, 0.05) is 17.1 Å². The van der Waals surface area contributed by atoms with E-state index in [1.165, 1.54) is 5.56 Å². The van der Waals surface area contributed by atoms with Gasteiger partial charge in [0.1, 0.15) is 34.5 Å². The van der Waals surface area contributed by atoms with E-state index in [9.17, 15) is 0 Å². The molecule has 0 atom stereocenters. The smallest absolute Gasteiger partial charge is 0.127 e. The molecular weight excluding hydrogens is 474 g/mol. The molecule has 0 aliphatic rings. The molecule has 38 heavy (non-hydrogen) atoms. The van der Waals surface area contributed by atoms with Crippen molar-refractivity contribution in [1.29, 1.82) is 0 Å². The van der Waals surface area contributed by atoms with Crippen LogP contribution in [0.15, 0.2) is 121 Å². The monoisotopic (exact) mass is 503 g/mol. The van der Waals surface area contributed by atoms with Crippen LogP contribution in [-0.2, 0) is 0 Å². The summed E-state index contributed by atoms with van der Waals surface area (Å²) in [5, 5.41) is 0. The fourth-order valence-electron chi connectivity index (χ4n) is 4.03. The van der Waals surface area contributed by atoms with Gasteiger partial charge in [-0.3, -0.25) is 0 Å². The van der Waals surface area contributed by atoms with Crippen molar-refractivity contribution in [2.24, 2.45) is 0 Å². The summed E-state index contributed by atoms with van der Waals surface area (Å²) in [6.45, 7) is 2.09. The van der Waals surface area contributed by atoms with Crippen molar-refractivity contribution < 1.29 is 18.9 Å². The molecule has 0 spiro atoms. The van der Waals surface area contributed by atoms with Crippen LogP contribution < -0.4 is 23.8 Å². The Morgan fingerprint density at radius 3 is 0.947 bits per heavy atom. The third-order valence-electron chi connectivity index (χ3n) is 6.07. The molecule has 0 radical (unpaired) electrons. The summed E-state index contributed by atoms with van der Waals surface area (Å²) in [5.74, 6) is 4.60. The van der Waals surface area contributed by atoms with E-state index >= 15 is 0 Å². The van der Waals surface area contributed by atoms with Crippen LogP contribution in [0.1, 0.15) is 5.56 Å². The fourth-order valence-corrected chi connectivity index (χ4v) is 4.03. The van der Waals surface area contributed by atoms with Gasteiger partial charge >= 0.3 is 0 Å². The number of anilines is 3. The van der Waals surface area contributed by atoms with Crippen LogP contribution >= 0.6 is 0 Å². The highest BCUT2D eigenvalue weighted by Gasteiger charge is 2.13. The maximum atomic E-state index is 6.03. The summed E-state index contributed by atoms with van der Waals surface area (Å²) in [5.41, 5.74) is 4.29. The maximum absolute atomic E-state index is 6.03. The molecule has 0 fully saturated rings. The van der Waals surface area contributed by atoms with E-state index in [0.717, 1.165) is 51.6 Å². The predicted octanol–water partition coefficient (Wildman–Crippen LogP) is 9.07. The lowest BCUT2D eigenvalue weighted by Gasteiger charge is -2.26. The molecule has 5 aromatic carbocycles. The number of rotatable bonds is 9. The van der Waals surface area contributed by atoms with Crippen LogP contribution in [0.25, 0.3) is 0 Å². The van der Waals surface area contributed by atoms with E-state index in [4.69, 9.17) is 18.9 Å².